The van der Waals surface area contributed by atoms with Gasteiger partial charge in [-0.1, -0.05) is 0 Å². The van der Waals surface area contributed by atoms with Gasteiger partial charge in [0.15, 0.2) is 0 Å². The minimum absolute atomic E-state index is 0.0116. The van der Waals surface area contributed by atoms with Crippen molar-refractivity contribution in [2.24, 2.45) is 7.05 Å². The lowest BCUT2D eigenvalue weighted by molar-refractivity contribution is 0.0871. The molecule has 15 heavy (non-hydrogen) atoms. The van der Waals surface area contributed by atoms with E-state index in [2.05, 4.69) is 17.3 Å². The van der Waals surface area contributed by atoms with Crippen LogP contribution in [0.4, 0.5) is 0 Å². The van der Waals surface area contributed by atoms with Crippen LogP contribution in [0.5, 0.6) is 0 Å². The molecule has 1 heterocycles. The summed E-state index contributed by atoms with van der Waals surface area (Å²) < 4.78 is 1.88. The fraction of sp³-hybridized carbons (Fsp3) is 0.727. The highest BCUT2D eigenvalue weighted by molar-refractivity contribution is 5.16. The van der Waals surface area contributed by atoms with E-state index in [1.165, 1.54) is 17.7 Å². The maximum atomic E-state index is 9.31. The van der Waals surface area contributed by atoms with Crippen LogP contribution in [0.15, 0.2) is 6.20 Å². The molecule has 0 saturated heterocycles. The van der Waals surface area contributed by atoms with Crippen molar-refractivity contribution in [1.82, 2.24) is 15.1 Å². The minimum Gasteiger partial charge on any atom is -0.394 e. The quantitative estimate of drug-likeness (QED) is 0.768. The second kappa shape index (κ2) is 3.94. The Kier molecular flexibility index (Phi) is 2.80. The first-order valence-electron chi connectivity index (χ1n) is 5.50. The van der Waals surface area contributed by atoms with Gasteiger partial charge in [-0.15, -0.1) is 0 Å². The number of aliphatic hydroxyl groups excluding tert-OH is 1. The second-order valence-corrected chi connectivity index (χ2v) is 4.52. The molecule has 1 aromatic heterocycles. The monoisotopic (exact) mass is 209 g/mol. The van der Waals surface area contributed by atoms with Crippen LogP contribution in [-0.4, -0.2) is 27.0 Å². The summed E-state index contributed by atoms with van der Waals surface area (Å²) in [6.07, 6.45) is 5.29. The summed E-state index contributed by atoms with van der Waals surface area (Å²) in [5.41, 5.74) is 2.40. The summed E-state index contributed by atoms with van der Waals surface area (Å²) >= 11 is 0. The Bertz CT molecular complexity index is 336. The first-order chi connectivity index (χ1) is 7.17. The molecule has 2 N–H and O–H groups in total. The Hall–Kier alpha value is -0.870. The van der Waals surface area contributed by atoms with E-state index >= 15 is 0 Å². The van der Waals surface area contributed by atoms with Crippen LogP contribution in [0, 0.1) is 6.92 Å². The van der Waals surface area contributed by atoms with E-state index in [0.29, 0.717) is 0 Å². The van der Waals surface area contributed by atoms with Gasteiger partial charge in [-0.05, 0) is 26.2 Å². The average molecular weight is 209 g/mol. The highest BCUT2D eigenvalue weighted by atomic mass is 16.3. The molecule has 4 nitrogen and oxygen atoms in total. The van der Waals surface area contributed by atoms with E-state index < -0.39 is 0 Å². The van der Waals surface area contributed by atoms with E-state index in [1.54, 1.807) is 0 Å². The van der Waals surface area contributed by atoms with Crippen molar-refractivity contribution in [2.75, 3.05) is 6.61 Å². The molecule has 0 radical (unpaired) electrons. The van der Waals surface area contributed by atoms with Crippen LogP contribution >= 0.6 is 0 Å². The summed E-state index contributed by atoms with van der Waals surface area (Å²) in [5.74, 6) is 0. The Morgan fingerprint density at radius 2 is 2.33 bits per heavy atom. The number of nitrogens with zero attached hydrogens (tertiary/aromatic N) is 2. The maximum Gasteiger partial charge on any atom is 0.0613 e. The Balaban J connectivity index is 1.95. The molecule has 4 heteroatoms. The highest BCUT2D eigenvalue weighted by Crippen LogP contribution is 2.31. The lowest BCUT2D eigenvalue weighted by Crippen LogP contribution is -2.53. The van der Waals surface area contributed by atoms with Gasteiger partial charge in [-0.3, -0.25) is 4.68 Å². The standard InChI is InChI=1S/C11H19N3O/c1-9-10(7-13-14(9)2)6-12-11(8-15)4-3-5-11/h7,12,15H,3-6,8H2,1-2H3. The second-order valence-electron chi connectivity index (χ2n) is 4.52. The summed E-state index contributed by atoms with van der Waals surface area (Å²) in [5, 5.41) is 17.0. The predicted octanol–water partition coefficient (Wildman–Crippen LogP) is 0.733. The molecule has 0 bridgehead atoms. The number of aliphatic hydroxyl groups is 1. The molecule has 1 fully saturated rings. The van der Waals surface area contributed by atoms with Crippen molar-refractivity contribution in [3.8, 4) is 0 Å². The van der Waals surface area contributed by atoms with Crippen LogP contribution < -0.4 is 5.32 Å². The molecule has 0 unspecified atom stereocenters. The zero-order valence-corrected chi connectivity index (χ0v) is 9.45. The lowest BCUT2D eigenvalue weighted by Gasteiger charge is -2.41. The molecule has 0 amide bonds. The van der Waals surface area contributed by atoms with E-state index in [-0.39, 0.29) is 12.1 Å². The summed E-state index contributed by atoms with van der Waals surface area (Å²) in [7, 11) is 1.95. The first-order valence-corrected chi connectivity index (χ1v) is 5.50. The number of aryl methyl sites for hydroxylation is 1. The molecule has 0 aliphatic heterocycles. The zero-order valence-electron chi connectivity index (χ0n) is 9.45. The molecule has 1 aliphatic rings. The Labute approximate surface area is 90.3 Å². The van der Waals surface area contributed by atoms with Gasteiger partial charge < -0.3 is 10.4 Å². The zero-order chi connectivity index (χ0) is 10.9. The van der Waals surface area contributed by atoms with Crippen LogP contribution in [0.3, 0.4) is 0 Å². The predicted molar refractivity (Wildman–Crippen MR) is 58.5 cm³/mol. The van der Waals surface area contributed by atoms with E-state index in [4.69, 9.17) is 0 Å². The van der Waals surface area contributed by atoms with Crippen molar-refractivity contribution in [3.63, 3.8) is 0 Å². The highest BCUT2D eigenvalue weighted by Gasteiger charge is 2.35. The molecule has 0 aromatic carbocycles. The van der Waals surface area contributed by atoms with Crippen molar-refractivity contribution in [1.29, 1.82) is 0 Å². The lowest BCUT2D eigenvalue weighted by atomic mass is 9.77. The number of hydrogen-bond acceptors (Lipinski definition) is 3. The normalized spacial score (nSPS) is 18.9. The van der Waals surface area contributed by atoms with Gasteiger partial charge in [0.1, 0.15) is 0 Å². The Morgan fingerprint density at radius 3 is 2.73 bits per heavy atom. The fourth-order valence-corrected chi connectivity index (χ4v) is 1.99. The maximum absolute atomic E-state index is 9.31. The van der Waals surface area contributed by atoms with Gasteiger partial charge >= 0.3 is 0 Å². The van der Waals surface area contributed by atoms with Crippen LogP contribution in [-0.2, 0) is 13.6 Å². The van der Waals surface area contributed by atoms with Crippen LogP contribution in [0.25, 0.3) is 0 Å². The number of rotatable bonds is 4. The molecular weight excluding hydrogens is 190 g/mol. The smallest absolute Gasteiger partial charge is 0.0613 e. The molecule has 1 aromatic rings. The van der Waals surface area contributed by atoms with Crippen molar-refractivity contribution < 1.29 is 5.11 Å². The summed E-state index contributed by atoms with van der Waals surface area (Å²) in [4.78, 5) is 0. The molecule has 84 valence electrons. The topological polar surface area (TPSA) is 50.1 Å². The number of aromatic nitrogens is 2. The molecule has 0 atom stereocenters. The van der Waals surface area contributed by atoms with Crippen LogP contribution in [0.1, 0.15) is 30.5 Å². The van der Waals surface area contributed by atoms with Gasteiger partial charge in [0.2, 0.25) is 0 Å². The molecular formula is C11H19N3O. The number of nitrogens with one attached hydrogen (secondary N) is 1. The van der Waals surface area contributed by atoms with E-state index in [9.17, 15) is 5.11 Å². The Morgan fingerprint density at radius 1 is 1.60 bits per heavy atom. The third-order valence-corrected chi connectivity index (χ3v) is 3.60. The molecule has 1 aliphatic carbocycles. The van der Waals surface area contributed by atoms with Crippen molar-refractivity contribution in [2.45, 2.75) is 38.3 Å². The third kappa shape index (κ3) is 1.92. The van der Waals surface area contributed by atoms with Crippen LogP contribution in [0.2, 0.25) is 0 Å². The van der Waals surface area contributed by atoms with Crippen molar-refractivity contribution in [3.05, 3.63) is 17.5 Å². The van der Waals surface area contributed by atoms with Gasteiger partial charge in [0.25, 0.3) is 0 Å². The first kappa shape index (κ1) is 10.6. The van der Waals surface area contributed by atoms with Gasteiger partial charge in [0.05, 0.1) is 12.8 Å². The van der Waals surface area contributed by atoms with E-state index in [1.807, 2.05) is 17.9 Å². The van der Waals surface area contributed by atoms with Gasteiger partial charge in [0, 0.05) is 30.4 Å². The third-order valence-electron chi connectivity index (χ3n) is 3.60. The minimum atomic E-state index is -0.0116. The molecule has 2 rings (SSSR count). The number of hydrogen-bond donors (Lipinski definition) is 2. The summed E-state index contributed by atoms with van der Waals surface area (Å²) in [6.45, 7) is 3.11. The average Bonchev–Trinajstić information content (AvgIpc) is 2.48. The van der Waals surface area contributed by atoms with Crippen molar-refractivity contribution >= 4 is 0 Å². The SMILES string of the molecule is Cc1c(CNC2(CO)CCC2)cnn1C. The summed E-state index contributed by atoms with van der Waals surface area (Å²) in [6, 6.07) is 0. The van der Waals surface area contributed by atoms with Gasteiger partial charge in [-0.25, -0.2) is 0 Å². The largest absolute Gasteiger partial charge is 0.394 e. The fourth-order valence-electron chi connectivity index (χ4n) is 1.99. The molecule has 1 saturated carbocycles. The molecule has 0 spiro atoms. The van der Waals surface area contributed by atoms with Gasteiger partial charge in [-0.2, -0.15) is 5.10 Å². The van der Waals surface area contributed by atoms with E-state index in [0.717, 1.165) is 19.4 Å².